The highest BCUT2D eigenvalue weighted by atomic mass is 32.1. The summed E-state index contributed by atoms with van der Waals surface area (Å²) in [6, 6.07) is 5.75. The van der Waals surface area contributed by atoms with Crippen molar-refractivity contribution in [3.8, 4) is 17.7 Å². The Bertz CT molecular complexity index is 631. The molecule has 0 aromatic carbocycles. The van der Waals surface area contributed by atoms with Gasteiger partial charge < -0.3 is 20.5 Å². The van der Waals surface area contributed by atoms with E-state index in [0.29, 0.717) is 28.7 Å². The molecule has 0 fully saturated rings. The van der Waals surface area contributed by atoms with Crippen LogP contribution in [0.5, 0.6) is 11.6 Å². The van der Waals surface area contributed by atoms with Crippen molar-refractivity contribution in [2.75, 3.05) is 25.3 Å². The van der Waals surface area contributed by atoms with E-state index in [-0.39, 0.29) is 0 Å². The number of methoxy groups -OCH3 is 2. The van der Waals surface area contributed by atoms with Crippen LogP contribution in [0.4, 0.5) is 10.7 Å². The SMILES string of the molecule is COc1ccc(CNc2sc(C#N)c(N)c2OC)cn1. The van der Waals surface area contributed by atoms with Gasteiger partial charge in [-0.2, -0.15) is 5.26 Å². The first-order valence-corrected chi connectivity index (χ1v) is 6.60. The number of nitrogens with two attached hydrogens (primary N) is 1. The molecule has 2 aromatic rings. The molecule has 0 bridgehead atoms. The number of anilines is 2. The van der Waals surface area contributed by atoms with E-state index < -0.39 is 0 Å². The largest absolute Gasteiger partial charge is 0.492 e. The van der Waals surface area contributed by atoms with Gasteiger partial charge in [-0.15, -0.1) is 11.3 Å². The molecule has 7 heteroatoms. The first-order chi connectivity index (χ1) is 9.69. The Balaban J connectivity index is 2.12. The monoisotopic (exact) mass is 290 g/mol. The summed E-state index contributed by atoms with van der Waals surface area (Å²) in [5.74, 6) is 1.08. The van der Waals surface area contributed by atoms with E-state index in [4.69, 9.17) is 20.5 Å². The zero-order valence-corrected chi connectivity index (χ0v) is 12.0. The predicted molar refractivity (Wildman–Crippen MR) is 78.1 cm³/mol. The van der Waals surface area contributed by atoms with Crippen LogP contribution in [0.2, 0.25) is 0 Å². The summed E-state index contributed by atoms with van der Waals surface area (Å²) in [7, 11) is 3.10. The van der Waals surface area contributed by atoms with Crippen molar-refractivity contribution in [3.05, 3.63) is 28.8 Å². The average molecular weight is 290 g/mol. The molecule has 0 spiro atoms. The number of nitrogen functional groups attached to an aromatic ring is 1. The van der Waals surface area contributed by atoms with E-state index in [1.165, 1.54) is 18.4 Å². The average Bonchev–Trinajstić information content (AvgIpc) is 2.81. The van der Waals surface area contributed by atoms with Gasteiger partial charge in [0, 0.05) is 18.8 Å². The Hall–Kier alpha value is -2.46. The number of ether oxygens (including phenoxy) is 2. The van der Waals surface area contributed by atoms with Crippen LogP contribution >= 0.6 is 11.3 Å². The topological polar surface area (TPSA) is 93.2 Å². The number of nitrogens with zero attached hydrogens (tertiary/aromatic N) is 2. The highest BCUT2D eigenvalue weighted by Crippen LogP contribution is 2.42. The van der Waals surface area contributed by atoms with E-state index in [2.05, 4.69) is 10.3 Å². The van der Waals surface area contributed by atoms with Crippen molar-refractivity contribution in [2.45, 2.75) is 6.54 Å². The molecule has 20 heavy (non-hydrogen) atoms. The first-order valence-electron chi connectivity index (χ1n) is 5.78. The summed E-state index contributed by atoms with van der Waals surface area (Å²) in [5.41, 5.74) is 7.18. The summed E-state index contributed by atoms with van der Waals surface area (Å²) in [4.78, 5) is 4.57. The lowest BCUT2D eigenvalue weighted by atomic mass is 10.3. The van der Waals surface area contributed by atoms with E-state index in [9.17, 15) is 0 Å². The minimum atomic E-state index is 0.371. The summed E-state index contributed by atoms with van der Waals surface area (Å²) < 4.78 is 10.2. The minimum Gasteiger partial charge on any atom is -0.492 e. The number of nitriles is 1. The van der Waals surface area contributed by atoms with E-state index in [1.54, 1.807) is 19.4 Å². The third-order valence-electron chi connectivity index (χ3n) is 2.67. The van der Waals surface area contributed by atoms with Crippen molar-refractivity contribution in [1.29, 1.82) is 5.26 Å². The maximum atomic E-state index is 8.97. The Labute approximate surface area is 120 Å². The van der Waals surface area contributed by atoms with Crippen molar-refractivity contribution in [1.82, 2.24) is 4.98 Å². The second kappa shape index (κ2) is 6.12. The molecule has 0 amide bonds. The molecular formula is C13H14N4O2S. The molecule has 0 aliphatic carbocycles. The smallest absolute Gasteiger partial charge is 0.212 e. The molecule has 0 aliphatic rings. The molecular weight excluding hydrogens is 276 g/mol. The molecule has 0 atom stereocenters. The molecule has 0 saturated heterocycles. The van der Waals surface area contributed by atoms with Crippen molar-refractivity contribution in [3.63, 3.8) is 0 Å². The molecule has 6 nitrogen and oxygen atoms in total. The van der Waals surface area contributed by atoms with Gasteiger partial charge in [0.1, 0.15) is 21.6 Å². The fourth-order valence-electron chi connectivity index (χ4n) is 1.65. The normalized spacial score (nSPS) is 9.85. The third-order valence-corrected chi connectivity index (χ3v) is 3.71. The van der Waals surface area contributed by atoms with Crippen LogP contribution in [0.25, 0.3) is 0 Å². The number of pyridine rings is 1. The lowest BCUT2D eigenvalue weighted by Crippen LogP contribution is -2.00. The molecule has 0 radical (unpaired) electrons. The predicted octanol–water partition coefficient (Wildman–Crippen LogP) is 2.23. The second-order valence-electron chi connectivity index (χ2n) is 3.88. The zero-order chi connectivity index (χ0) is 14.5. The van der Waals surface area contributed by atoms with Crippen LogP contribution in [-0.4, -0.2) is 19.2 Å². The minimum absolute atomic E-state index is 0.371. The van der Waals surface area contributed by atoms with Gasteiger partial charge in [0.15, 0.2) is 5.75 Å². The van der Waals surface area contributed by atoms with Gasteiger partial charge in [-0.05, 0) is 5.56 Å². The number of hydrogen-bond donors (Lipinski definition) is 2. The third kappa shape index (κ3) is 2.75. The Morgan fingerprint density at radius 1 is 1.40 bits per heavy atom. The van der Waals surface area contributed by atoms with Crippen LogP contribution in [0, 0.1) is 11.3 Å². The number of thiophene rings is 1. The highest BCUT2D eigenvalue weighted by Gasteiger charge is 2.16. The molecule has 3 N–H and O–H groups in total. The van der Waals surface area contributed by atoms with Gasteiger partial charge in [0.2, 0.25) is 5.88 Å². The maximum absolute atomic E-state index is 8.97. The van der Waals surface area contributed by atoms with Crippen molar-refractivity contribution in [2.24, 2.45) is 0 Å². The Morgan fingerprint density at radius 3 is 2.75 bits per heavy atom. The van der Waals surface area contributed by atoms with Crippen molar-refractivity contribution >= 4 is 22.0 Å². The molecule has 0 saturated carbocycles. The van der Waals surface area contributed by atoms with Crippen LogP contribution < -0.4 is 20.5 Å². The van der Waals surface area contributed by atoms with Gasteiger partial charge >= 0.3 is 0 Å². The standard InChI is InChI=1S/C13H14N4O2S/c1-18-10-4-3-8(6-16-10)7-17-13-12(19-2)11(15)9(5-14)20-13/h3-4,6,17H,7,15H2,1-2H3. The van der Waals surface area contributed by atoms with E-state index in [1.807, 2.05) is 12.1 Å². The first kappa shape index (κ1) is 14.0. The Morgan fingerprint density at radius 2 is 2.20 bits per heavy atom. The maximum Gasteiger partial charge on any atom is 0.212 e. The summed E-state index contributed by atoms with van der Waals surface area (Å²) in [6.07, 6.45) is 1.72. The number of aromatic nitrogens is 1. The number of nitrogens with one attached hydrogen (secondary N) is 1. The van der Waals surface area contributed by atoms with Gasteiger partial charge in [-0.3, -0.25) is 0 Å². The lowest BCUT2D eigenvalue weighted by molar-refractivity contribution is 0.397. The molecule has 104 valence electrons. The van der Waals surface area contributed by atoms with Crippen molar-refractivity contribution < 1.29 is 9.47 Å². The lowest BCUT2D eigenvalue weighted by Gasteiger charge is -2.07. The van der Waals surface area contributed by atoms with Gasteiger partial charge in [-0.1, -0.05) is 6.07 Å². The molecule has 2 heterocycles. The summed E-state index contributed by atoms with van der Waals surface area (Å²) in [5, 5.41) is 12.9. The second-order valence-corrected chi connectivity index (χ2v) is 4.90. The fourth-order valence-corrected chi connectivity index (χ4v) is 2.53. The highest BCUT2D eigenvalue weighted by molar-refractivity contribution is 7.17. The van der Waals surface area contributed by atoms with Crippen LogP contribution in [-0.2, 0) is 6.54 Å². The molecule has 2 aromatic heterocycles. The number of hydrogen-bond acceptors (Lipinski definition) is 7. The molecule has 0 aliphatic heterocycles. The summed E-state index contributed by atoms with van der Waals surface area (Å²) in [6.45, 7) is 0.554. The quantitative estimate of drug-likeness (QED) is 0.877. The van der Waals surface area contributed by atoms with Gasteiger partial charge in [0.05, 0.1) is 14.2 Å². The van der Waals surface area contributed by atoms with Gasteiger partial charge in [0.25, 0.3) is 0 Å². The van der Waals surface area contributed by atoms with E-state index in [0.717, 1.165) is 10.6 Å². The summed E-state index contributed by atoms with van der Waals surface area (Å²) >= 11 is 1.27. The number of rotatable bonds is 5. The zero-order valence-electron chi connectivity index (χ0n) is 11.1. The Kier molecular flexibility index (Phi) is 4.27. The van der Waals surface area contributed by atoms with Crippen LogP contribution in [0.15, 0.2) is 18.3 Å². The van der Waals surface area contributed by atoms with Crippen LogP contribution in [0.3, 0.4) is 0 Å². The molecule has 2 rings (SSSR count). The fraction of sp³-hybridized carbons (Fsp3) is 0.231. The molecule has 0 unspecified atom stereocenters. The van der Waals surface area contributed by atoms with Gasteiger partial charge in [-0.25, -0.2) is 4.98 Å². The van der Waals surface area contributed by atoms with E-state index >= 15 is 0 Å². The van der Waals surface area contributed by atoms with Crippen LogP contribution in [0.1, 0.15) is 10.4 Å².